The van der Waals surface area contributed by atoms with Crippen molar-refractivity contribution >= 4 is 29.4 Å². The van der Waals surface area contributed by atoms with Gasteiger partial charge >= 0.3 is 12.1 Å². The third kappa shape index (κ3) is 4.31. The number of carbonyl (C=O) groups excluding carboxylic acids is 2. The molecule has 0 bridgehead atoms. The van der Waals surface area contributed by atoms with Crippen molar-refractivity contribution in [3.8, 4) is 0 Å². The van der Waals surface area contributed by atoms with E-state index in [0.29, 0.717) is 17.9 Å². The summed E-state index contributed by atoms with van der Waals surface area (Å²) in [5.41, 5.74) is -0.0862. The summed E-state index contributed by atoms with van der Waals surface area (Å²) in [5, 5.41) is 10.1. The summed E-state index contributed by atoms with van der Waals surface area (Å²) in [6.07, 6.45) is -0.594. The topological polar surface area (TPSA) is 83.9 Å². The molecule has 1 saturated heterocycles. The molecule has 0 unspecified atom stereocenters. The molecule has 1 N–H and O–H groups in total. The Labute approximate surface area is 151 Å². The van der Waals surface area contributed by atoms with Crippen LogP contribution in [0.3, 0.4) is 0 Å². The number of likely N-dealkylation sites (tertiary alicyclic amines) is 1. The van der Waals surface area contributed by atoms with Crippen LogP contribution in [0.5, 0.6) is 0 Å². The highest BCUT2D eigenvalue weighted by Gasteiger charge is 2.44. The Balaban J connectivity index is 2.24. The Morgan fingerprint density at radius 3 is 2.52 bits per heavy atom. The maximum atomic E-state index is 12.4. The number of rotatable bonds is 5. The molecule has 7 heteroatoms. The molecular weight excluding hydrogens is 346 g/mol. The summed E-state index contributed by atoms with van der Waals surface area (Å²) in [6.45, 7) is 3.94. The van der Waals surface area contributed by atoms with Crippen LogP contribution in [-0.2, 0) is 19.9 Å². The third-order valence-electron chi connectivity index (χ3n) is 4.72. The fourth-order valence-electron chi connectivity index (χ4n) is 3.39. The van der Waals surface area contributed by atoms with Gasteiger partial charge in [0.1, 0.15) is 12.2 Å². The molecule has 1 aliphatic heterocycles. The van der Waals surface area contributed by atoms with Gasteiger partial charge in [-0.3, -0.25) is 14.5 Å². The summed E-state index contributed by atoms with van der Waals surface area (Å²) in [6, 6.07) is 6.95. The summed E-state index contributed by atoms with van der Waals surface area (Å²) in [5.74, 6) is -1.13. The molecule has 2 atom stereocenters. The molecule has 1 aliphatic rings. The lowest BCUT2D eigenvalue weighted by Gasteiger charge is -2.46. The molecular formula is C18H22ClNO5. The summed E-state index contributed by atoms with van der Waals surface area (Å²) < 4.78 is 4.83. The SMILES string of the molecule is CCOC(=O)CC(=O)[C@H]1CCN(C(=O)O)[C@](C)(c2ccc(Cl)cc2)C1. The Hall–Kier alpha value is -2.08. The van der Waals surface area contributed by atoms with E-state index < -0.39 is 17.6 Å². The van der Waals surface area contributed by atoms with Crippen LogP contribution < -0.4 is 0 Å². The van der Waals surface area contributed by atoms with Crippen LogP contribution in [0.25, 0.3) is 0 Å². The van der Waals surface area contributed by atoms with E-state index in [1.807, 2.05) is 0 Å². The molecule has 6 nitrogen and oxygen atoms in total. The summed E-state index contributed by atoms with van der Waals surface area (Å²) in [4.78, 5) is 37.1. The minimum Gasteiger partial charge on any atom is -0.466 e. The number of esters is 1. The molecule has 0 aliphatic carbocycles. The lowest BCUT2D eigenvalue weighted by molar-refractivity contribution is -0.147. The largest absolute Gasteiger partial charge is 0.466 e. The van der Waals surface area contributed by atoms with Crippen molar-refractivity contribution in [2.45, 2.75) is 38.6 Å². The van der Waals surface area contributed by atoms with Gasteiger partial charge in [0.25, 0.3) is 0 Å². The quantitative estimate of drug-likeness (QED) is 0.636. The first kappa shape index (κ1) is 19.2. The zero-order chi connectivity index (χ0) is 18.6. The molecule has 1 heterocycles. The molecule has 1 fully saturated rings. The number of benzene rings is 1. The molecule has 2 rings (SSSR count). The van der Waals surface area contributed by atoms with Gasteiger partial charge in [0.15, 0.2) is 0 Å². The number of carboxylic acid groups (broad SMARTS) is 1. The van der Waals surface area contributed by atoms with Gasteiger partial charge in [-0.25, -0.2) is 4.79 Å². The van der Waals surface area contributed by atoms with E-state index in [2.05, 4.69) is 0 Å². The molecule has 0 spiro atoms. The zero-order valence-electron chi connectivity index (χ0n) is 14.3. The number of hydrogen-bond donors (Lipinski definition) is 1. The van der Waals surface area contributed by atoms with E-state index in [1.54, 1.807) is 38.1 Å². The molecule has 0 aromatic heterocycles. The van der Waals surface area contributed by atoms with E-state index in [0.717, 1.165) is 5.56 Å². The van der Waals surface area contributed by atoms with E-state index in [1.165, 1.54) is 4.90 Å². The Kier molecular flexibility index (Phi) is 6.06. The number of hydrogen-bond acceptors (Lipinski definition) is 4. The fourth-order valence-corrected chi connectivity index (χ4v) is 3.51. The Morgan fingerprint density at radius 1 is 1.32 bits per heavy atom. The first-order valence-corrected chi connectivity index (χ1v) is 8.60. The van der Waals surface area contributed by atoms with Crippen molar-refractivity contribution in [1.29, 1.82) is 0 Å². The van der Waals surface area contributed by atoms with Crippen molar-refractivity contribution in [2.24, 2.45) is 5.92 Å². The van der Waals surface area contributed by atoms with Crippen LogP contribution >= 0.6 is 11.6 Å². The highest BCUT2D eigenvalue weighted by Crippen LogP contribution is 2.41. The van der Waals surface area contributed by atoms with E-state index in [9.17, 15) is 19.5 Å². The minimum absolute atomic E-state index is 0.205. The second-order valence-electron chi connectivity index (χ2n) is 6.35. The average Bonchev–Trinajstić information content (AvgIpc) is 2.55. The van der Waals surface area contributed by atoms with Crippen LogP contribution in [0.4, 0.5) is 4.79 Å². The van der Waals surface area contributed by atoms with E-state index >= 15 is 0 Å². The molecule has 136 valence electrons. The normalized spacial score (nSPS) is 23.2. The van der Waals surface area contributed by atoms with Crippen molar-refractivity contribution in [3.05, 3.63) is 34.9 Å². The number of ketones is 1. The zero-order valence-corrected chi connectivity index (χ0v) is 15.1. The van der Waals surface area contributed by atoms with Crippen LogP contribution in [0.15, 0.2) is 24.3 Å². The lowest BCUT2D eigenvalue weighted by atomic mass is 9.75. The Morgan fingerprint density at radius 2 is 1.96 bits per heavy atom. The van der Waals surface area contributed by atoms with Crippen LogP contribution in [0.2, 0.25) is 5.02 Å². The number of halogens is 1. The van der Waals surface area contributed by atoms with Gasteiger partial charge in [-0.1, -0.05) is 23.7 Å². The van der Waals surface area contributed by atoms with Gasteiger partial charge < -0.3 is 9.84 Å². The van der Waals surface area contributed by atoms with Gasteiger partial charge in [0, 0.05) is 17.5 Å². The standard InChI is InChI=1S/C18H22ClNO5/c1-3-25-16(22)10-15(21)12-8-9-20(17(23)24)18(2,11-12)13-4-6-14(19)7-5-13/h4-7,12H,3,8-11H2,1-2H3,(H,23,24)/t12-,18-/m0/s1. The molecule has 0 radical (unpaired) electrons. The van der Waals surface area contributed by atoms with Crippen molar-refractivity contribution in [2.75, 3.05) is 13.2 Å². The number of ether oxygens (including phenoxy) is 1. The van der Waals surface area contributed by atoms with E-state index in [4.69, 9.17) is 16.3 Å². The second kappa shape index (κ2) is 7.87. The summed E-state index contributed by atoms with van der Waals surface area (Å²) in [7, 11) is 0. The van der Waals surface area contributed by atoms with Gasteiger partial charge in [-0.2, -0.15) is 0 Å². The summed E-state index contributed by atoms with van der Waals surface area (Å²) >= 11 is 5.93. The Bertz CT molecular complexity index is 660. The number of carbonyl (C=O) groups is 3. The van der Waals surface area contributed by atoms with Crippen LogP contribution in [0.1, 0.15) is 38.7 Å². The number of Topliss-reactive ketones (excluding diaryl/α,β-unsaturated/α-hetero) is 1. The molecule has 1 aromatic rings. The molecule has 1 amide bonds. The van der Waals surface area contributed by atoms with E-state index in [-0.39, 0.29) is 31.3 Å². The third-order valence-corrected chi connectivity index (χ3v) is 4.97. The first-order chi connectivity index (χ1) is 11.8. The minimum atomic E-state index is -1.03. The van der Waals surface area contributed by atoms with Gasteiger partial charge in [0.05, 0.1) is 12.1 Å². The first-order valence-electron chi connectivity index (χ1n) is 8.23. The average molecular weight is 368 g/mol. The van der Waals surface area contributed by atoms with Crippen LogP contribution in [0, 0.1) is 5.92 Å². The highest BCUT2D eigenvalue weighted by atomic mass is 35.5. The highest BCUT2D eigenvalue weighted by molar-refractivity contribution is 6.30. The predicted octanol–water partition coefficient (Wildman–Crippen LogP) is 3.47. The van der Waals surface area contributed by atoms with Crippen LogP contribution in [-0.4, -0.2) is 41.0 Å². The lowest BCUT2D eigenvalue weighted by Crippen LogP contribution is -2.53. The number of amides is 1. The van der Waals surface area contributed by atoms with Crippen molar-refractivity contribution < 1.29 is 24.2 Å². The maximum absolute atomic E-state index is 12.4. The number of nitrogens with zero attached hydrogens (tertiary/aromatic N) is 1. The number of piperidine rings is 1. The van der Waals surface area contributed by atoms with Gasteiger partial charge in [-0.15, -0.1) is 0 Å². The van der Waals surface area contributed by atoms with Gasteiger partial charge in [-0.05, 0) is 44.4 Å². The maximum Gasteiger partial charge on any atom is 0.408 e. The second-order valence-corrected chi connectivity index (χ2v) is 6.79. The van der Waals surface area contributed by atoms with Crippen molar-refractivity contribution in [3.63, 3.8) is 0 Å². The van der Waals surface area contributed by atoms with Gasteiger partial charge in [0.2, 0.25) is 0 Å². The molecule has 1 aromatic carbocycles. The molecule has 0 saturated carbocycles. The molecule has 25 heavy (non-hydrogen) atoms. The van der Waals surface area contributed by atoms with Crippen molar-refractivity contribution in [1.82, 2.24) is 4.90 Å². The fraction of sp³-hybridized carbons (Fsp3) is 0.500. The smallest absolute Gasteiger partial charge is 0.408 e. The predicted molar refractivity (Wildman–Crippen MR) is 92.5 cm³/mol. The monoisotopic (exact) mass is 367 g/mol.